The third-order valence-corrected chi connectivity index (χ3v) is 5.53. The van der Waals surface area contributed by atoms with Gasteiger partial charge in [0.25, 0.3) is 0 Å². The Morgan fingerprint density at radius 2 is 1.92 bits per heavy atom. The van der Waals surface area contributed by atoms with Crippen molar-refractivity contribution in [2.24, 2.45) is 5.73 Å². The molecule has 1 aliphatic carbocycles. The maximum absolute atomic E-state index is 11.9. The molecule has 0 aromatic heterocycles. The van der Waals surface area contributed by atoms with Crippen molar-refractivity contribution in [3.05, 3.63) is 29.8 Å². The van der Waals surface area contributed by atoms with Crippen LogP contribution < -0.4 is 10.5 Å². The second kappa shape index (κ2) is 12.4. The molecule has 0 saturated heterocycles. The normalized spacial score (nSPS) is 15.9. The summed E-state index contributed by atoms with van der Waals surface area (Å²) in [7, 11) is 1.67. The van der Waals surface area contributed by atoms with Crippen molar-refractivity contribution in [3.63, 3.8) is 0 Å². The molecule has 0 amide bonds. The highest BCUT2D eigenvalue weighted by Crippen LogP contribution is 2.21. The molecule has 0 heterocycles. The molecule has 2 N–H and O–H groups in total. The molecule has 1 fully saturated rings. The molecular weight excluding hydrogens is 358 g/mol. The van der Waals surface area contributed by atoms with Crippen molar-refractivity contribution < 1.29 is 14.3 Å². The first-order valence-electron chi connectivity index (χ1n) is 8.83. The van der Waals surface area contributed by atoms with E-state index in [9.17, 15) is 4.79 Å². The molecule has 1 aromatic carbocycles. The number of carbonyl (C=O) groups is 1. The van der Waals surface area contributed by atoms with Crippen LogP contribution in [-0.4, -0.2) is 31.0 Å². The average Bonchev–Trinajstić information content (AvgIpc) is 2.61. The van der Waals surface area contributed by atoms with E-state index < -0.39 is 0 Å². The Morgan fingerprint density at radius 1 is 1.24 bits per heavy atom. The van der Waals surface area contributed by atoms with Crippen LogP contribution in [0, 0.1) is 0 Å². The number of nitrogens with two attached hydrogens (primary N) is 1. The lowest BCUT2D eigenvalue weighted by Crippen LogP contribution is -2.26. The fraction of sp³-hybridized carbons (Fsp3) is 0.632. The van der Waals surface area contributed by atoms with Crippen LogP contribution in [0.5, 0.6) is 5.75 Å². The largest absolute Gasteiger partial charge is 0.497 e. The van der Waals surface area contributed by atoms with Gasteiger partial charge in [0.1, 0.15) is 11.9 Å². The van der Waals surface area contributed by atoms with Gasteiger partial charge in [0.05, 0.1) is 7.11 Å². The third-order valence-electron chi connectivity index (χ3n) is 4.33. The van der Waals surface area contributed by atoms with E-state index in [0.717, 1.165) is 30.1 Å². The summed E-state index contributed by atoms with van der Waals surface area (Å²) in [5.74, 6) is 2.56. The van der Waals surface area contributed by atoms with E-state index in [1.165, 1.54) is 24.8 Å². The Kier molecular flexibility index (Phi) is 11.0. The Labute approximate surface area is 161 Å². The Morgan fingerprint density at radius 3 is 2.56 bits per heavy atom. The Balaban J connectivity index is 0.00000312. The second-order valence-corrected chi connectivity index (χ2v) is 7.44. The molecule has 2 rings (SSSR count). The van der Waals surface area contributed by atoms with Gasteiger partial charge in [0.15, 0.2) is 0 Å². The predicted octanol–water partition coefficient (Wildman–Crippen LogP) is 4.33. The van der Waals surface area contributed by atoms with Gasteiger partial charge >= 0.3 is 5.97 Å². The number of carbonyl (C=O) groups excluding carboxylic acids is 1. The Bertz CT molecular complexity index is 492. The van der Waals surface area contributed by atoms with E-state index in [4.69, 9.17) is 15.2 Å². The molecule has 4 nitrogen and oxygen atoms in total. The van der Waals surface area contributed by atoms with E-state index in [2.05, 4.69) is 12.1 Å². The van der Waals surface area contributed by atoms with E-state index in [0.29, 0.717) is 12.8 Å². The lowest BCUT2D eigenvalue weighted by molar-refractivity contribution is -0.150. The molecule has 1 aliphatic rings. The number of methoxy groups -OCH3 is 1. The molecule has 1 aromatic rings. The maximum Gasteiger partial charge on any atom is 0.306 e. The molecule has 0 spiro atoms. The predicted molar refractivity (Wildman–Crippen MR) is 107 cm³/mol. The molecule has 0 bridgehead atoms. The highest BCUT2D eigenvalue weighted by Gasteiger charge is 2.18. The van der Waals surface area contributed by atoms with Crippen LogP contribution in [0.2, 0.25) is 0 Å². The van der Waals surface area contributed by atoms with E-state index in [-0.39, 0.29) is 30.5 Å². The van der Waals surface area contributed by atoms with Gasteiger partial charge in [-0.15, -0.1) is 12.4 Å². The third kappa shape index (κ3) is 8.84. The van der Waals surface area contributed by atoms with Crippen LogP contribution in [0.4, 0.5) is 0 Å². The standard InChI is InChI=1S/C19H29NO3S.ClH/c1-22-17-10-7-15(8-11-17)13-24-14-16(20)9-12-19(21)23-18-5-3-2-4-6-18;/h7-8,10-11,16,18H,2-6,9,12-14,20H2,1H3;1H/t16-;/m1./s1. The first-order valence-corrected chi connectivity index (χ1v) is 9.98. The van der Waals surface area contributed by atoms with Gasteiger partial charge in [-0.05, 0) is 49.8 Å². The summed E-state index contributed by atoms with van der Waals surface area (Å²) in [6.45, 7) is 0. The zero-order chi connectivity index (χ0) is 17.2. The van der Waals surface area contributed by atoms with Crippen LogP contribution >= 0.6 is 24.2 Å². The highest BCUT2D eigenvalue weighted by molar-refractivity contribution is 7.98. The number of benzene rings is 1. The summed E-state index contributed by atoms with van der Waals surface area (Å²) in [5, 5.41) is 0. The minimum atomic E-state index is -0.0856. The summed E-state index contributed by atoms with van der Waals surface area (Å²) in [4.78, 5) is 11.9. The summed E-state index contributed by atoms with van der Waals surface area (Å²) < 4.78 is 10.7. The second-order valence-electron chi connectivity index (χ2n) is 6.41. The number of hydrogen-bond donors (Lipinski definition) is 1. The van der Waals surface area contributed by atoms with E-state index in [1.807, 2.05) is 12.1 Å². The Hall–Kier alpha value is -0.910. The number of rotatable bonds is 9. The van der Waals surface area contributed by atoms with E-state index in [1.54, 1.807) is 18.9 Å². The van der Waals surface area contributed by atoms with Crippen LogP contribution in [0.25, 0.3) is 0 Å². The smallest absolute Gasteiger partial charge is 0.306 e. The average molecular weight is 388 g/mol. The fourth-order valence-electron chi connectivity index (χ4n) is 2.86. The first-order chi connectivity index (χ1) is 11.7. The molecule has 25 heavy (non-hydrogen) atoms. The topological polar surface area (TPSA) is 61.5 Å². The molecular formula is C19H30ClNO3S. The first kappa shape index (κ1) is 22.1. The zero-order valence-electron chi connectivity index (χ0n) is 14.9. The van der Waals surface area contributed by atoms with Crippen molar-refractivity contribution in [2.75, 3.05) is 12.9 Å². The monoisotopic (exact) mass is 387 g/mol. The maximum atomic E-state index is 11.9. The van der Waals surface area contributed by atoms with Crippen molar-refractivity contribution in [1.82, 2.24) is 0 Å². The lowest BCUT2D eigenvalue weighted by atomic mass is 9.98. The summed E-state index contributed by atoms with van der Waals surface area (Å²) in [6, 6.07) is 8.11. The molecule has 142 valence electrons. The lowest BCUT2D eigenvalue weighted by Gasteiger charge is -2.22. The van der Waals surface area contributed by atoms with Gasteiger partial charge in [-0.1, -0.05) is 18.6 Å². The van der Waals surface area contributed by atoms with Crippen LogP contribution in [0.3, 0.4) is 0 Å². The minimum absolute atomic E-state index is 0. The number of hydrogen-bond acceptors (Lipinski definition) is 5. The van der Waals surface area contributed by atoms with E-state index >= 15 is 0 Å². The van der Waals surface area contributed by atoms with Crippen LogP contribution in [-0.2, 0) is 15.3 Å². The fourth-order valence-corrected chi connectivity index (χ4v) is 3.88. The molecule has 1 saturated carbocycles. The molecule has 0 aliphatic heterocycles. The van der Waals surface area contributed by atoms with Gasteiger partial charge in [0.2, 0.25) is 0 Å². The van der Waals surface area contributed by atoms with Crippen molar-refractivity contribution in [2.45, 2.75) is 62.8 Å². The molecule has 6 heteroatoms. The zero-order valence-corrected chi connectivity index (χ0v) is 16.6. The summed E-state index contributed by atoms with van der Waals surface area (Å²) in [5.41, 5.74) is 7.37. The quantitative estimate of drug-likeness (QED) is 0.639. The van der Waals surface area contributed by atoms with Crippen molar-refractivity contribution in [3.8, 4) is 5.75 Å². The van der Waals surface area contributed by atoms with Gasteiger partial charge in [-0.2, -0.15) is 11.8 Å². The molecule has 0 unspecified atom stereocenters. The number of halogens is 1. The highest BCUT2D eigenvalue weighted by atomic mass is 35.5. The van der Waals surface area contributed by atoms with Crippen LogP contribution in [0.15, 0.2) is 24.3 Å². The summed E-state index contributed by atoms with van der Waals surface area (Å²) >= 11 is 1.80. The van der Waals surface area contributed by atoms with Gasteiger partial charge in [-0.3, -0.25) is 4.79 Å². The van der Waals surface area contributed by atoms with Crippen molar-refractivity contribution >= 4 is 30.1 Å². The van der Waals surface area contributed by atoms with Crippen molar-refractivity contribution in [1.29, 1.82) is 0 Å². The molecule has 1 atom stereocenters. The number of ether oxygens (including phenoxy) is 2. The minimum Gasteiger partial charge on any atom is -0.497 e. The van der Waals surface area contributed by atoms with Gasteiger partial charge in [-0.25, -0.2) is 0 Å². The van der Waals surface area contributed by atoms with Gasteiger partial charge < -0.3 is 15.2 Å². The summed E-state index contributed by atoms with van der Waals surface area (Å²) in [6.07, 6.45) is 6.95. The van der Waals surface area contributed by atoms with Crippen LogP contribution in [0.1, 0.15) is 50.5 Å². The number of thioether (sulfide) groups is 1. The molecule has 0 radical (unpaired) electrons. The number of esters is 1. The van der Waals surface area contributed by atoms with Gasteiger partial charge in [0, 0.05) is 24.0 Å². The SMILES string of the molecule is COc1ccc(CSC[C@H](N)CCC(=O)OC2CCCCC2)cc1.Cl.